The fraction of sp³-hybridized carbons (Fsp3) is 0.857. The SMILES string of the molecule is CCOC(=S)SC(F)(F)C(F)(F)C(F)(F)C(F)(F)F. The van der Waals surface area contributed by atoms with Gasteiger partial charge in [0.05, 0.1) is 6.61 Å². The van der Waals surface area contributed by atoms with E-state index in [2.05, 4.69) is 17.0 Å². The molecule has 0 N–H and O–H groups in total. The van der Waals surface area contributed by atoms with Crippen LogP contribution in [0.2, 0.25) is 0 Å². The molecule has 0 aliphatic carbocycles. The van der Waals surface area contributed by atoms with E-state index in [1.54, 1.807) is 0 Å². The standard InChI is InChI=1S/C7H5F9OS2/c1-2-17-3(18)19-7(15,16)5(10,11)4(8,9)6(12,13)14/h2H2,1H3. The van der Waals surface area contributed by atoms with Crippen LogP contribution in [0, 0.1) is 0 Å². The lowest BCUT2D eigenvalue weighted by Gasteiger charge is -2.32. The van der Waals surface area contributed by atoms with E-state index < -0.39 is 39.4 Å². The number of thioether (sulfide) groups is 1. The molecular formula is C7H5F9OS2. The summed E-state index contributed by atoms with van der Waals surface area (Å²) in [6.07, 6.45) is -6.84. The third kappa shape index (κ3) is 3.58. The highest BCUT2D eigenvalue weighted by atomic mass is 32.2. The molecule has 0 saturated carbocycles. The molecule has 0 amide bonds. The van der Waals surface area contributed by atoms with Crippen molar-refractivity contribution >= 4 is 28.4 Å². The van der Waals surface area contributed by atoms with Crippen LogP contribution in [-0.4, -0.2) is 34.3 Å². The summed E-state index contributed by atoms with van der Waals surface area (Å²) in [4.78, 5) is 0. The monoisotopic (exact) mass is 340 g/mol. The van der Waals surface area contributed by atoms with Crippen molar-refractivity contribution in [3.05, 3.63) is 0 Å². The molecule has 0 heterocycles. The maximum absolute atomic E-state index is 12.9. The van der Waals surface area contributed by atoms with Gasteiger partial charge in [-0.25, -0.2) is 0 Å². The second kappa shape index (κ2) is 5.54. The van der Waals surface area contributed by atoms with E-state index in [4.69, 9.17) is 0 Å². The highest BCUT2D eigenvalue weighted by Crippen LogP contribution is 2.56. The van der Waals surface area contributed by atoms with Gasteiger partial charge in [0.1, 0.15) is 0 Å². The van der Waals surface area contributed by atoms with Crippen molar-refractivity contribution in [3.8, 4) is 0 Å². The Balaban J connectivity index is 5.33. The van der Waals surface area contributed by atoms with Gasteiger partial charge in [-0.1, -0.05) is 0 Å². The molecule has 0 bridgehead atoms. The van der Waals surface area contributed by atoms with Crippen molar-refractivity contribution in [1.29, 1.82) is 0 Å². The Hall–Kier alpha value is -0.390. The van der Waals surface area contributed by atoms with Gasteiger partial charge in [-0.05, 0) is 19.1 Å². The molecule has 0 spiro atoms. The number of hydrogen-bond donors (Lipinski definition) is 0. The lowest BCUT2D eigenvalue weighted by atomic mass is 10.1. The fourth-order valence-corrected chi connectivity index (χ4v) is 1.75. The van der Waals surface area contributed by atoms with E-state index in [9.17, 15) is 39.5 Å². The van der Waals surface area contributed by atoms with Crippen molar-refractivity contribution in [2.24, 2.45) is 0 Å². The smallest absolute Gasteiger partial charge is 0.460 e. The predicted molar refractivity (Wildman–Crippen MR) is 52.7 cm³/mol. The molecule has 0 rings (SSSR count). The van der Waals surface area contributed by atoms with Crippen molar-refractivity contribution in [3.63, 3.8) is 0 Å². The maximum Gasteiger partial charge on any atom is 0.460 e. The zero-order valence-corrected chi connectivity index (χ0v) is 10.5. The summed E-state index contributed by atoms with van der Waals surface area (Å²) in [6.45, 7) is 0.872. The summed E-state index contributed by atoms with van der Waals surface area (Å²) in [6, 6.07) is 0. The van der Waals surface area contributed by atoms with Crippen LogP contribution < -0.4 is 0 Å². The van der Waals surface area contributed by atoms with Crippen LogP contribution in [0.1, 0.15) is 6.92 Å². The first-order valence-corrected chi connectivity index (χ1v) is 5.49. The molecule has 0 atom stereocenters. The zero-order chi connectivity index (χ0) is 15.7. The van der Waals surface area contributed by atoms with Crippen LogP contribution in [-0.2, 0) is 4.74 Å². The number of rotatable bonds is 4. The van der Waals surface area contributed by atoms with Crippen molar-refractivity contribution in [2.75, 3.05) is 6.61 Å². The highest BCUT2D eigenvalue weighted by Gasteiger charge is 2.82. The molecule has 12 heteroatoms. The predicted octanol–water partition coefficient (Wildman–Crippen LogP) is 4.47. The zero-order valence-electron chi connectivity index (χ0n) is 8.83. The molecule has 0 fully saturated rings. The Morgan fingerprint density at radius 1 is 0.947 bits per heavy atom. The highest BCUT2D eigenvalue weighted by molar-refractivity contribution is 8.23. The van der Waals surface area contributed by atoms with Crippen molar-refractivity contribution < 1.29 is 44.3 Å². The van der Waals surface area contributed by atoms with Crippen LogP contribution in [0.4, 0.5) is 39.5 Å². The quantitative estimate of drug-likeness (QED) is 0.552. The third-order valence-corrected chi connectivity index (χ3v) is 2.75. The van der Waals surface area contributed by atoms with Crippen molar-refractivity contribution in [1.82, 2.24) is 0 Å². The fourth-order valence-electron chi connectivity index (χ4n) is 0.677. The van der Waals surface area contributed by atoms with E-state index in [0.717, 1.165) is 0 Å². The van der Waals surface area contributed by atoms with Gasteiger partial charge in [0.2, 0.25) is 4.38 Å². The Labute approximate surface area is 110 Å². The molecule has 19 heavy (non-hydrogen) atoms. The lowest BCUT2D eigenvalue weighted by molar-refractivity contribution is -0.381. The minimum atomic E-state index is -6.92. The third-order valence-electron chi connectivity index (χ3n) is 1.59. The van der Waals surface area contributed by atoms with Crippen LogP contribution in [0.25, 0.3) is 0 Å². The van der Waals surface area contributed by atoms with Gasteiger partial charge in [0.25, 0.3) is 0 Å². The summed E-state index contributed by atoms with van der Waals surface area (Å²) in [7, 11) is 0. The van der Waals surface area contributed by atoms with Gasteiger partial charge in [-0.2, -0.15) is 39.5 Å². The van der Waals surface area contributed by atoms with E-state index in [-0.39, 0.29) is 6.61 Å². The minimum Gasteiger partial charge on any atom is -0.479 e. The van der Waals surface area contributed by atoms with Gasteiger partial charge in [0.15, 0.2) is 0 Å². The Morgan fingerprint density at radius 3 is 1.68 bits per heavy atom. The van der Waals surface area contributed by atoms with Crippen LogP contribution in [0.15, 0.2) is 0 Å². The first-order valence-electron chi connectivity index (χ1n) is 4.26. The average Bonchev–Trinajstić information content (AvgIpc) is 2.14. The van der Waals surface area contributed by atoms with E-state index in [1.165, 1.54) is 6.92 Å². The minimum absolute atomic E-state index is 0.344. The van der Waals surface area contributed by atoms with Gasteiger partial charge in [-0.3, -0.25) is 0 Å². The molecule has 1 nitrogen and oxygen atoms in total. The summed E-state index contributed by atoms with van der Waals surface area (Å²) in [5.74, 6) is -13.6. The molecule has 0 aromatic carbocycles. The Bertz CT molecular complexity index is 338. The number of alkyl halides is 9. The first kappa shape index (κ1) is 18.6. The molecule has 0 aromatic rings. The van der Waals surface area contributed by atoms with Crippen LogP contribution in [0.5, 0.6) is 0 Å². The molecule has 0 saturated heterocycles. The van der Waals surface area contributed by atoms with E-state index in [1.807, 2.05) is 0 Å². The molecular weight excluding hydrogens is 335 g/mol. The maximum atomic E-state index is 12.9. The van der Waals surface area contributed by atoms with Crippen molar-refractivity contribution in [2.45, 2.75) is 30.2 Å². The average molecular weight is 340 g/mol. The normalized spacial score (nSPS) is 14.4. The van der Waals surface area contributed by atoms with E-state index >= 15 is 0 Å². The molecule has 0 unspecified atom stereocenters. The van der Waals surface area contributed by atoms with Crippen LogP contribution >= 0.6 is 24.0 Å². The molecule has 114 valence electrons. The summed E-state index contributed by atoms with van der Waals surface area (Å²) < 4.78 is 114. The number of ether oxygens (including phenoxy) is 1. The molecule has 0 aromatic heterocycles. The van der Waals surface area contributed by atoms with Gasteiger partial charge >= 0.3 is 23.3 Å². The second-order valence-electron chi connectivity index (χ2n) is 2.95. The largest absolute Gasteiger partial charge is 0.479 e. The van der Waals surface area contributed by atoms with Gasteiger partial charge < -0.3 is 4.74 Å². The number of thiocarbonyl (C=S) groups is 1. The molecule has 0 aliphatic heterocycles. The first-order chi connectivity index (χ1) is 8.20. The Kier molecular flexibility index (Phi) is 5.43. The summed E-state index contributed by atoms with van der Waals surface area (Å²) in [5, 5.41) is -5.79. The summed E-state index contributed by atoms with van der Waals surface area (Å²) in [5.41, 5.74) is 0. The Morgan fingerprint density at radius 2 is 1.37 bits per heavy atom. The second-order valence-corrected chi connectivity index (χ2v) is 4.67. The number of hydrogen-bond acceptors (Lipinski definition) is 3. The van der Waals surface area contributed by atoms with Crippen LogP contribution in [0.3, 0.4) is 0 Å². The van der Waals surface area contributed by atoms with Gasteiger partial charge in [-0.15, -0.1) is 0 Å². The summed E-state index contributed by atoms with van der Waals surface area (Å²) >= 11 is 2.61. The molecule has 0 aliphatic rings. The lowest BCUT2D eigenvalue weighted by Crippen LogP contribution is -2.59. The molecule has 0 radical (unpaired) electrons. The van der Waals surface area contributed by atoms with E-state index in [0.29, 0.717) is 0 Å². The topological polar surface area (TPSA) is 9.23 Å². The van der Waals surface area contributed by atoms with Gasteiger partial charge in [0, 0.05) is 11.8 Å². The number of halogens is 9.